The van der Waals surface area contributed by atoms with Gasteiger partial charge in [-0.3, -0.25) is 10.1 Å². The highest BCUT2D eigenvalue weighted by atomic mass is 32.2. The van der Waals surface area contributed by atoms with Gasteiger partial charge in [-0.2, -0.15) is 4.31 Å². The summed E-state index contributed by atoms with van der Waals surface area (Å²) in [4.78, 5) is 12.0. The van der Waals surface area contributed by atoms with Crippen molar-refractivity contribution in [2.45, 2.75) is 18.7 Å². The van der Waals surface area contributed by atoms with Crippen LogP contribution in [0.4, 0.5) is 5.69 Å². The molecule has 0 aliphatic rings. The van der Waals surface area contributed by atoms with Gasteiger partial charge in [0.25, 0.3) is 5.91 Å². The van der Waals surface area contributed by atoms with Crippen molar-refractivity contribution in [3.05, 3.63) is 48.4 Å². The molecule has 1 aromatic heterocycles. The molecule has 0 bridgehead atoms. The molecule has 0 saturated heterocycles. The molecule has 1 heterocycles. The minimum absolute atomic E-state index is 0.0840. The van der Waals surface area contributed by atoms with E-state index in [1.165, 1.54) is 28.8 Å². The highest BCUT2D eigenvalue weighted by molar-refractivity contribution is 7.89. The van der Waals surface area contributed by atoms with Crippen molar-refractivity contribution in [1.29, 1.82) is 0 Å². The van der Waals surface area contributed by atoms with Gasteiger partial charge < -0.3 is 9.73 Å². The van der Waals surface area contributed by atoms with Gasteiger partial charge in [0.05, 0.1) is 11.2 Å². The Balaban J connectivity index is 2.03. The highest BCUT2D eigenvalue weighted by Gasteiger charge is 2.21. The van der Waals surface area contributed by atoms with Crippen molar-refractivity contribution in [2.75, 3.05) is 18.4 Å². The number of hydrogen-bond donors (Lipinski definition) is 2. The fraction of sp³-hybridized carbons (Fsp3) is 0.250. The Morgan fingerprint density at radius 1 is 1.16 bits per heavy atom. The number of nitrogens with zero attached hydrogens (tertiary/aromatic N) is 1. The molecule has 1 amide bonds. The average Bonchev–Trinajstić information content (AvgIpc) is 3.10. The number of rotatable bonds is 6. The summed E-state index contributed by atoms with van der Waals surface area (Å²) in [6.07, 6.45) is 1.39. The monoisotopic (exact) mass is 381 g/mol. The van der Waals surface area contributed by atoms with E-state index in [9.17, 15) is 13.2 Å². The molecule has 0 aliphatic heterocycles. The molecule has 25 heavy (non-hydrogen) atoms. The van der Waals surface area contributed by atoms with E-state index in [0.29, 0.717) is 18.8 Å². The lowest BCUT2D eigenvalue weighted by atomic mass is 10.3. The Bertz CT molecular complexity index is 827. The first-order valence-corrected chi connectivity index (χ1v) is 9.49. The van der Waals surface area contributed by atoms with Crippen LogP contribution in [0.3, 0.4) is 0 Å². The van der Waals surface area contributed by atoms with Crippen LogP contribution in [-0.2, 0) is 10.0 Å². The maximum absolute atomic E-state index is 12.4. The van der Waals surface area contributed by atoms with E-state index in [2.05, 4.69) is 10.6 Å². The molecule has 0 saturated carbocycles. The summed E-state index contributed by atoms with van der Waals surface area (Å²) in [6, 6.07) is 9.27. The lowest BCUT2D eigenvalue weighted by Gasteiger charge is -2.18. The van der Waals surface area contributed by atoms with Crippen LogP contribution in [-0.4, -0.2) is 36.8 Å². The van der Waals surface area contributed by atoms with Gasteiger partial charge in [-0.25, -0.2) is 8.42 Å². The molecule has 0 unspecified atom stereocenters. The zero-order valence-electron chi connectivity index (χ0n) is 13.9. The lowest BCUT2D eigenvalue weighted by Crippen LogP contribution is -2.34. The third-order valence-electron chi connectivity index (χ3n) is 3.43. The number of hydrogen-bond acceptors (Lipinski definition) is 5. The summed E-state index contributed by atoms with van der Waals surface area (Å²) in [5.41, 5.74) is 0.559. The van der Waals surface area contributed by atoms with Crippen LogP contribution in [0.15, 0.2) is 52.0 Å². The van der Waals surface area contributed by atoms with Crippen molar-refractivity contribution in [3.8, 4) is 0 Å². The molecule has 2 rings (SSSR count). The van der Waals surface area contributed by atoms with Gasteiger partial charge >= 0.3 is 0 Å². The SMILES string of the molecule is CCN(CC)S(=O)(=O)c1ccc(NC(=S)NC(=O)c2ccco2)cc1. The number of sulfonamides is 1. The van der Waals surface area contributed by atoms with Gasteiger partial charge in [0.2, 0.25) is 10.0 Å². The normalized spacial score (nSPS) is 11.3. The van der Waals surface area contributed by atoms with Crippen molar-refractivity contribution in [1.82, 2.24) is 9.62 Å². The van der Waals surface area contributed by atoms with Gasteiger partial charge in [-0.05, 0) is 48.6 Å². The summed E-state index contributed by atoms with van der Waals surface area (Å²) in [5, 5.41) is 5.38. The number of nitrogens with one attached hydrogen (secondary N) is 2. The van der Waals surface area contributed by atoms with Gasteiger partial charge in [0, 0.05) is 18.8 Å². The van der Waals surface area contributed by atoms with Gasteiger partial charge in [-0.15, -0.1) is 0 Å². The number of carbonyl (C=O) groups excluding carboxylic acids is 1. The van der Waals surface area contributed by atoms with Gasteiger partial charge in [0.15, 0.2) is 10.9 Å². The minimum Gasteiger partial charge on any atom is -0.459 e. The van der Waals surface area contributed by atoms with Crippen LogP contribution in [0, 0.1) is 0 Å². The summed E-state index contributed by atoms with van der Waals surface area (Å²) in [7, 11) is -3.50. The summed E-state index contributed by atoms with van der Waals surface area (Å²) in [6.45, 7) is 4.39. The molecular formula is C16H19N3O4S2. The third-order valence-corrected chi connectivity index (χ3v) is 5.70. The first-order valence-electron chi connectivity index (χ1n) is 7.64. The number of carbonyl (C=O) groups is 1. The van der Waals surface area contributed by atoms with Crippen LogP contribution in [0.1, 0.15) is 24.4 Å². The molecule has 1 aromatic carbocycles. The molecule has 0 radical (unpaired) electrons. The Labute approximate surface area is 152 Å². The number of amides is 1. The maximum atomic E-state index is 12.4. The summed E-state index contributed by atoms with van der Waals surface area (Å²) < 4.78 is 31.2. The molecule has 2 aromatic rings. The fourth-order valence-electron chi connectivity index (χ4n) is 2.16. The quantitative estimate of drug-likeness (QED) is 0.747. The Morgan fingerprint density at radius 2 is 1.80 bits per heavy atom. The van der Waals surface area contributed by atoms with Gasteiger partial charge in [0.1, 0.15) is 0 Å². The highest BCUT2D eigenvalue weighted by Crippen LogP contribution is 2.18. The molecule has 0 spiro atoms. The number of anilines is 1. The van der Waals surface area contributed by atoms with Crippen LogP contribution in [0.2, 0.25) is 0 Å². The van der Waals surface area contributed by atoms with Crippen LogP contribution in [0.25, 0.3) is 0 Å². The second kappa shape index (κ2) is 8.24. The minimum atomic E-state index is -3.50. The first kappa shape index (κ1) is 19.1. The third kappa shape index (κ3) is 4.65. The number of thiocarbonyl (C=S) groups is 1. The largest absolute Gasteiger partial charge is 0.459 e. The molecule has 0 fully saturated rings. The predicted octanol–water partition coefficient (Wildman–Crippen LogP) is 2.44. The molecule has 134 valence electrons. The zero-order valence-corrected chi connectivity index (χ0v) is 15.5. The van der Waals surface area contributed by atoms with E-state index in [-0.39, 0.29) is 15.8 Å². The van der Waals surface area contributed by atoms with Crippen LogP contribution < -0.4 is 10.6 Å². The molecule has 9 heteroatoms. The Kier molecular flexibility index (Phi) is 6.29. The zero-order chi connectivity index (χ0) is 18.4. The number of benzene rings is 1. The fourth-order valence-corrected chi connectivity index (χ4v) is 3.83. The lowest BCUT2D eigenvalue weighted by molar-refractivity contribution is 0.0950. The molecule has 0 atom stereocenters. The molecule has 7 nitrogen and oxygen atoms in total. The van der Waals surface area contributed by atoms with Crippen molar-refractivity contribution in [2.24, 2.45) is 0 Å². The maximum Gasteiger partial charge on any atom is 0.293 e. The van der Waals surface area contributed by atoms with Gasteiger partial charge in [-0.1, -0.05) is 13.8 Å². The van der Waals surface area contributed by atoms with Crippen molar-refractivity contribution < 1.29 is 17.6 Å². The standard InChI is InChI=1S/C16H19N3O4S2/c1-3-19(4-2)25(21,22)13-9-7-12(8-10-13)17-16(24)18-15(20)14-6-5-11-23-14/h5-11H,3-4H2,1-2H3,(H2,17,18,20,24). The van der Waals surface area contributed by atoms with E-state index < -0.39 is 15.9 Å². The van der Waals surface area contributed by atoms with E-state index in [1.54, 1.807) is 32.0 Å². The molecule has 2 N–H and O–H groups in total. The number of furan rings is 1. The van der Waals surface area contributed by atoms with E-state index >= 15 is 0 Å². The topological polar surface area (TPSA) is 91.7 Å². The van der Waals surface area contributed by atoms with Crippen molar-refractivity contribution >= 4 is 38.9 Å². The second-order valence-electron chi connectivity index (χ2n) is 5.00. The van der Waals surface area contributed by atoms with E-state index in [0.717, 1.165) is 0 Å². The second-order valence-corrected chi connectivity index (χ2v) is 7.35. The summed E-state index contributed by atoms with van der Waals surface area (Å²) in [5.74, 6) is -0.326. The molecule has 0 aliphatic carbocycles. The van der Waals surface area contributed by atoms with Crippen LogP contribution in [0.5, 0.6) is 0 Å². The summed E-state index contributed by atoms with van der Waals surface area (Å²) >= 11 is 5.06. The van der Waals surface area contributed by atoms with Crippen molar-refractivity contribution in [3.63, 3.8) is 0 Å². The van der Waals surface area contributed by atoms with E-state index in [1.807, 2.05) is 0 Å². The average molecular weight is 381 g/mol. The van der Waals surface area contributed by atoms with Crippen LogP contribution >= 0.6 is 12.2 Å². The van der Waals surface area contributed by atoms with E-state index in [4.69, 9.17) is 16.6 Å². The Hall–Kier alpha value is -2.23. The predicted molar refractivity (Wildman–Crippen MR) is 98.9 cm³/mol. The Morgan fingerprint density at radius 3 is 2.32 bits per heavy atom. The smallest absolute Gasteiger partial charge is 0.293 e. The molecular weight excluding hydrogens is 362 g/mol. The first-order chi connectivity index (χ1) is 11.9.